The first kappa shape index (κ1) is 15.1. The predicted molar refractivity (Wildman–Crippen MR) is 75.2 cm³/mol. The number of nitro benzene ring substituents is 1. The van der Waals surface area contributed by atoms with E-state index in [-0.39, 0.29) is 4.90 Å². The van der Waals surface area contributed by atoms with Gasteiger partial charge in [-0.25, -0.2) is 13.1 Å². The van der Waals surface area contributed by atoms with Crippen LogP contribution in [0.1, 0.15) is 24.1 Å². The highest BCUT2D eigenvalue weighted by molar-refractivity contribution is 7.89. The predicted octanol–water partition coefficient (Wildman–Crippen LogP) is 1.67. The van der Waals surface area contributed by atoms with Gasteiger partial charge in [0.05, 0.1) is 11.1 Å². The minimum atomic E-state index is -4.03. The quantitative estimate of drug-likeness (QED) is 0.643. The Kier molecular flexibility index (Phi) is 4.05. The van der Waals surface area contributed by atoms with Crippen molar-refractivity contribution in [2.24, 2.45) is 0 Å². The second-order valence-corrected chi connectivity index (χ2v) is 6.21. The number of nitrogens with zero attached hydrogens (tertiary/aromatic N) is 2. The summed E-state index contributed by atoms with van der Waals surface area (Å²) in [5.41, 5.74) is 0.507. The lowest BCUT2D eigenvalue weighted by Crippen LogP contribution is -2.28. The molecule has 0 aliphatic carbocycles. The minimum absolute atomic E-state index is 0.314. The molecule has 2 rings (SSSR count). The lowest BCUT2D eigenvalue weighted by atomic mass is 10.2. The maximum atomic E-state index is 12.4. The molecule has 1 atom stereocenters. The van der Waals surface area contributed by atoms with Gasteiger partial charge in [0, 0.05) is 23.9 Å². The number of nitro groups is 1. The molecule has 0 amide bonds. The Morgan fingerprint density at radius 1 is 1.43 bits per heavy atom. The zero-order chi connectivity index (χ0) is 15.6. The Balaban J connectivity index is 2.43. The average molecular weight is 310 g/mol. The van der Waals surface area contributed by atoms with Gasteiger partial charge in [-0.2, -0.15) is 5.10 Å². The van der Waals surface area contributed by atoms with Gasteiger partial charge < -0.3 is 0 Å². The average Bonchev–Trinajstić information content (AvgIpc) is 2.91. The topological polar surface area (TPSA) is 118 Å². The zero-order valence-electron chi connectivity index (χ0n) is 11.4. The van der Waals surface area contributed by atoms with Crippen molar-refractivity contribution in [1.29, 1.82) is 0 Å². The Hall–Kier alpha value is -2.26. The van der Waals surface area contributed by atoms with Gasteiger partial charge in [-0.15, -0.1) is 0 Å². The molecule has 0 fully saturated rings. The van der Waals surface area contributed by atoms with E-state index in [9.17, 15) is 18.5 Å². The van der Waals surface area contributed by atoms with Crippen molar-refractivity contribution in [3.63, 3.8) is 0 Å². The minimum Gasteiger partial charge on any atom is -0.285 e. The number of aromatic nitrogens is 2. The summed E-state index contributed by atoms with van der Waals surface area (Å²) in [5, 5.41) is 17.4. The zero-order valence-corrected chi connectivity index (χ0v) is 12.2. The summed E-state index contributed by atoms with van der Waals surface area (Å²) in [7, 11) is -4.03. The van der Waals surface area contributed by atoms with E-state index in [1.54, 1.807) is 13.1 Å². The number of H-pyrrole nitrogens is 1. The number of hydrogen-bond acceptors (Lipinski definition) is 5. The van der Waals surface area contributed by atoms with Crippen LogP contribution in [-0.2, 0) is 10.0 Å². The number of nitrogens with one attached hydrogen (secondary N) is 2. The fourth-order valence-electron chi connectivity index (χ4n) is 1.99. The normalized spacial score (nSPS) is 13.0. The molecule has 1 unspecified atom stereocenters. The molecular formula is C12H14N4O4S. The molecule has 2 aromatic rings. The van der Waals surface area contributed by atoms with Crippen LogP contribution in [0.5, 0.6) is 0 Å². The highest BCUT2D eigenvalue weighted by Crippen LogP contribution is 2.28. The van der Waals surface area contributed by atoms with Crippen LogP contribution in [0.2, 0.25) is 0 Å². The lowest BCUT2D eigenvalue weighted by molar-refractivity contribution is -0.387. The van der Waals surface area contributed by atoms with Crippen LogP contribution in [0.25, 0.3) is 0 Å². The Bertz CT molecular complexity index is 756. The molecule has 0 bridgehead atoms. The summed E-state index contributed by atoms with van der Waals surface area (Å²) >= 11 is 0. The van der Waals surface area contributed by atoms with Gasteiger partial charge in [-0.1, -0.05) is 12.1 Å². The second-order valence-electron chi connectivity index (χ2n) is 4.55. The summed E-state index contributed by atoms with van der Waals surface area (Å²) in [6.07, 6.45) is 3.04. The van der Waals surface area contributed by atoms with E-state index in [1.807, 2.05) is 0 Å². The van der Waals surface area contributed by atoms with E-state index >= 15 is 0 Å². The third-order valence-corrected chi connectivity index (χ3v) is 4.74. The monoisotopic (exact) mass is 310 g/mol. The summed E-state index contributed by atoms with van der Waals surface area (Å²) in [4.78, 5) is 10.0. The molecule has 0 spiro atoms. The summed E-state index contributed by atoms with van der Waals surface area (Å²) in [6, 6.07) is 3.58. The molecule has 1 heterocycles. The Labute approximate surface area is 121 Å². The summed E-state index contributed by atoms with van der Waals surface area (Å²) in [5.74, 6) is 0. The number of aromatic amines is 1. The van der Waals surface area contributed by atoms with Gasteiger partial charge in [-0.05, 0) is 19.4 Å². The maximum Gasteiger partial charge on any atom is 0.289 e. The Morgan fingerprint density at radius 3 is 2.71 bits per heavy atom. The molecule has 0 saturated heterocycles. The number of aryl methyl sites for hydroxylation is 1. The first-order valence-corrected chi connectivity index (χ1v) is 7.56. The fraction of sp³-hybridized carbons (Fsp3) is 0.250. The van der Waals surface area contributed by atoms with Crippen molar-refractivity contribution in [1.82, 2.24) is 14.9 Å². The van der Waals surface area contributed by atoms with Crippen molar-refractivity contribution in [3.8, 4) is 0 Å². The van der Waals surface area contributed by atoms with Crippen LogP contribution in [0, 0.1) is 17.0 Å². The molecule has 0 aliphatic rings. The van der Waals surface area contributed by atoms with Gasteiger partial charge in [0.15, 0.2) is 4.90 Å². The molecular weight excluding hydrogens is 296 g/mol. The van der Waals surface area contributed by atoms with Gasteiger partial charge in [0.1, 0.15) is 0 Å². The number of rotatable bonds is 5. The van der Waals surface area contributed by atoms with E-state index in [0.29, 0.717) is 11.1 Å². The molecule has 21 heavy (non-hydrogen) atoms. The van der Waals surface area contributed by atoms with Crippen LogP contribution in [-0.4, -0.2) is 23.5 Å². The summed E-state index contributed by atoms with van der Waals surface area (Å²) in [6.45, 7) is 3.15. The molecule has 0 radical (unpaired) electrons. The van der Waals surface area contributed by atoms with Crippen LogP contribution < -0.4 is 4.72 Å². The highest BCUT2D eigenvalue weighted by Gasteiger charge is 2.29. The Morgan fingerprint density at radius 2 is 2.14 bits per heavy atom. The molecule has 0 saturated carbocycles. The number of hydrogen-bond donors (Lipinski definition) is 2. The van der Waals surface area contributed by atoms with E-state index in [0.717, 1.165) is 0 Å². The maximum absolute atomic E-state index is 12.4. The van der Waals surface area contributed by atoms with Crippen molar-refractivity contribution >= 4 is 15.7 Å². The molecule has 1 aromatic heterocycles. The molecule has 1 aromatic carbocycles. The largest absolute Gasteiger partial charge is 0.289 e. The van der Waals surface area contributed by atoms with E-state index in [4.69, 9.17) is 0 Å². The summed E-state index contributed by atoms with van der Waals surface area (Å²) < 4.78 is 27.3. The molecule has 2 N–H and O–H groups in total. The lowest BCUT2D eigenvalue weighted by Gasteiger charge is -2.14. The van der Waals surface area contributed by atoms with E-state index in [1.165, 1.54) is 31.3 Å². The van der Waals surface area contributed by atoms with E-state index in [2.05, 4.69) is 14.9 Å². The molecule has 112 valence electrons. The molecule has 8 nitrogen and oxygen atoms in total. The van der Waals surface area contributed by atoms with Gasteiger partial charge in [0.2, 0.25) is 10.0 Å². The molecule has 0 aliphatic heterocycles. The van der Waals surface area contributed by atoms with Crippen molar-refractivity contribution in [3.05, 3.63) is 51.8 Å². The van der Waals surface area contributed by atoms with Crippen molar-refractivity contribution < 1.29 is 13.3 Å². The molecule has 9 heteroatoms. The number of sulfonamides is 1. The van der Waals surface area contributed by atoms with Crippen LogP contribution in [0.4, 0.5) is 5.69 Å². The fourth-order valence-corrected chi connectivity index (χ4v) is 3.62. The van der Waals surface area contributed by atoms with E-state index < -0.39 is 26.7 Å². The van der Waals surface area contributed by atoms with Crippen molar-refractivity contribution in [2.45, 2.75) is 24.8 Å². The van der Waals surface area contributed by atoms with Crippen LogP contribution >= 0.6 is 0 Å². The standard InChI is InChI=1S/C12H14N4O4S/c1-8-4-3-5-11(16(17)18)12(8)21(19,20)15-9(2)10-6-13-14-7-10/h3-7,9,15H,1-2H3,(H,13,14). The third kappa shape index (κ3) is 3.09. The third-order valence-electron chi connectivity index (χ3n) is 3.01. The SMILES string of the molecule is Cc1cccc([N+](=O)[O-])c1S(=O)(=O)NC(C)c1cn[nH]c1. The van der Waals surface area contributed by atoms with Gasteiger partial charge in [0.25, 0.3) is 5.69 Å². The van der Waals surface area contributed by atoms with Gasteiger partial charge >= 0.3 is 0 Å². The number of benzene rings is 1. The smallest absolute Gasteiger partial charge is 0.285 e. The van der Waals surface area contributed by atoms with Gasteiger partial charge in [-0.3, -0.25) is 15.2 Å². The van der Waals surface area contributed by atoms with Crippen molar-refractivity contribution in [2.75, 3.05) is 0 Å². The highest BCUT2D eigenvalue weighted by atomic mass is 32.2. The first-order valence-electron chi connectivity index (χ1n) is 6.08. The van der Waals surface area contributed by atoms with Crippen LogP contribution in [0.15, 0.2) is 35.5 Å². The second kappa shape index (κ2) is 5.62. The first-order chi connectivity index (χ1) is 9.83. The van der Waals surface area contributed by atoms with Crippen LogP contribution in [0.3, 0.4) is 0 Å².